The van der Waals surface area contributed by atoms with Crippen LogP contribution >= 0.6 is 11.3 Å². The van der Waals surface area contributed by atoms with Crippen molar-refractivity contribution in [3.05, 3.63) is 46.7 Å². The molecule has 8 heteroatoms. The summed E-state index contributed by atoms with van der Waals surface area (Å²) in [5, 5.41) is 6.59. The highest BCUT2D eigenvalue weighted by molar-refractivity contribution is 7.89. The minimum atomic E-state index is -3.61. The van der Waals surface area contributed by atoms with Gasteiger partial charge in [0.25, 0.3) is 0 Å². The monoisotopic (exact) mass is 368 g/mol. The standard InChI is InChI=1S/C16H20N2O4S2/c1-12(10-22-2)18-24(20,21)15-5-3-14(4-6-15)17-16(19)9-13-7-8-23-11-13/h3-8,11-12,18H,9-10H2,1-2H3,(H,17,19). The number of anilines is 1. The fraction of sp³-hybridized carbons (Fsp3) is 0.312. The first-order chi connectivity index (χ1) is 11.4. The highest BCUT2D eigenvalue weighted by Gasteiger charge is 2.17. The highest BCUT2D eigenvalue weighted by atomic mass is 32.2. The number of thiophene rings is 1. The number of nitrogens with one attached hydrogen (secondary N) is 2. The Bertz CT molecular complexity index is 756. The molecule has 0 aliphatic rings. The van der Waals surface area contributed by atoms with E-state index in [4.69, 9.17) is 4.74 Å². The van der Waals surface area contributed by atoms with Crippen LogP contribution in [0.15, 0.2) is 46.0 Å². The molecule has 0 saturated heterocycles. The van der Waals surface area contributed by atoms with Crippen LogP contribution in [0.5, 0.6) is 0 Å². The molecule has 1 amide bonds. The van der Waals surface area contributed by atoms with Gasteiger partial charge < -0.3 is 10.1 Å². The third-order valence-electron chi connectivity index (χ3n) is 3.17. The second-order valence-electron chi connectivity index (χ2n) is 5.36. The fourth-order valence-electron chi connectivity index (χ4n) is 2.12. The number of amides is 1. The van der Waals surface area contributed by atoms with Gasteiger partial charge in [-0.05, 0) is 53.6 Å². The van der Waals surface area contributed by atoms with Gasteiger partial charge in [-0.3, -0.25) is 4.79 Å². The van der Waals surface area contributed by atoms with Crippen molar-refractivity contribution < 1.29 is 17.9 Å². The molecule has 0 saturated carbocycles. The average Bonchev–Trinajstić information content (AvgIpc) is 3.00. The van der Waals surface area contributed by atoms with Crippen LogP contribution in [0.2, 0.25) is 0 Å². The Morgan fingerprint density at radius 2 is 1.96 bits per heavy atom. The summed E-state index contributed by atoms with van der Waals surface area (Å²) in [4.78, 5) is 12.1. The van der Waals surface area contributed by atoms with Crippen molar-refractivity contribution in [2.24, 2.45) is 0 Å². The van der Waals surface area contributed by atoms with Gasteiger partial charge in [-0.2, -0.15) is 11.3 Å². The summed E-state index contributed by atoms with van der Waals surface area (Å²) in [5.41, 5.74) is 1.51. The Kier molecular flexibility index (Phi) is 6.50. The first kappa shape index (κ1) is 18.6. The third-order valence-corrected chi connectivity index (χ3v) is 5.50. The van der Waals surface area contributed by atoms with Crippen molar-refractivity contribution in [1.29, 1.82) is 0 Å². The van der Waals surface area contributed by atoms with Crippen LogP contribution in [0.3, 0.4) is 0 Å². The molecular formula is C16H20N2O4S2. The van der Waals surface area contributed by atoms with Crippen LogP contribution in [-0.2, 0) is 26.0 Å². The maximum absolute atomic E-state index is 12.2. The molecule has 24 heavy (non-hydrogen) atoms. The van der Waals surface area contributed by atoms with Crippen molar-refractivity contribution in [3.63, 3.8) is 0 Å². The number of hydrogen-bond acceptors (Lipinski definition) is 5. The molecule has 1 aromatic carbocycles. The lowest BCUT2D eigenvalue weighted by Crippen LogP contribution is -2.35. The molecule has 0 aliphatic heterocycles. The van der Waals surface area contributed by atoms with Gasteiger partial charge in [0.1, 0.15) is 0 Å². The molecule has 0 aliphatic carbocycles. The Labute approximate surface area is 145 Å². The second-order valence-corrected chi connectivity index (χ2v) is 7.85. The maximum atomic E-state index is 12.2. The van der Waals surface area contributed by atoms with E-state index in [0.717, 1.165) is 5.56 Å². The molecule has 1 unspecified atom stereocenters. The van der Waals surface area contributed by atoms with Crippen molar-refractivity contribution in [1.82, 2.24) is 4.72 Å². The number of ether oxygens (including phenoxy) is 1. The molecule has 2 aromatic rings. The molecule has 1 heterocycles. The Hall–Kier alpha value is -1.74. The molecule has 0 bridgehead atoms. The fourth-order valence-corrected chi connectivity index (χ4v) is 4.02. The summed E-state index contributed by atoms with van der Waals surface area (Å²) in [7, 11) is -2.10. The molecule has 0 radical (unpaired) electrons. The zero-order chi connectivity index (χ0) is 17.6. The molecule has 6 nitrogen and oxygen atoms in total. The molecule has 130 valence electrons. The molecule has 2 N–H and O–H groups in total. The average molecular weight is 368 g/mol. The predicted octanol–water partition coefficient (Wildman–Crippen LogP) is 2.24. The number of rotatable bonds is 8. The van der Waals surface area contributed by atoms with E-state index in [2.05, 4.69) is 10.0 Å². The lowest BCUT2D eigenvalue weighted by Gasteiger charge is -2.13. The van der Waals surface area contributed by atoms with Crippen LogP contribution < -0.4 is 10.0 Å². The lowest BCUT2D eigenvalue weighted by molar-refractivity contribution is -0.115. The van der Waals surface area contributed by atoms with Gasteiger partial charge in [-0.15, -0.1) is 0 Å². The van der Waals surface area contributed by atoms with Gasteiger partial charge in [0.2, 0.25) is 15.9 Å². The maximum Gasteiger partial charge on any atom is 0.240 e. The van der Waals surface area contributed by atoms with E-state index in [1.165, 1.54) is 30.6 Å². The van der Waals surface area contributed by atoms with Crippen LogP contribution in [0.4, 0.5) is 5.69 Å². The number of hydrogen-bond donors (Lipinski definition) is 2. The van der Waals surface area contributed by atoms with Crippen molar-refractivity contribution in [3.8, 4) is 0 Å². The summed E-state index contributed by atoms with van der Waals surface area (Å²) in [6.07, 6.45) is 0.291. The van der Waals surface area contributed by atoms with Crippen LogP contribution in [0, 0.1) is 0 Å². The van der Waals surface area contributed by atoms with Gasteiger partial charge in [0, 0.05) is 18.8 Å². The normalized spacial score (nSPS) is 12.8. The number of sulfonamides is 1. The summed E-state index contributed by atoms with van der Waals surface area (Å²) in [6, 6.07) is 7.63. The molecule has 1 atom stereocenters. The lowest BCUT2D eigenvalue weighted by atomic mass is 10.2. The van der Waals surface area contributed by atoms with Gasteiger partial charge in [-0.25, -0.2) is 13.1 Å². The Morgan fingerprint density at radius 1 is 1.25 bits per heavy atom. The van der Waals surface area contributed by atoms with Crippen molar-refractivity contribution in [2.45, 2.75) is 24.3 Å². The summed E-state index contributed by atoms with van der Waals surface area (Å²) in [6.45, 7) is 2.01. The van der Waals surface area contributed by atoms with Crippen molar-refractivity contribution >= 4 is 33.0 Å². The Morgan fingerprint density at radius 3 is 2.54 bits per heavy atom. The van der Waals surface area contributed by atoms with Gasteiger partial charge in [-0.1, -0.05) is 0 Å². The minimum Gasteiger partial charge on any atom is -0.383 e. The van der Waals surface area contributed by atoms with Gasteiger partial charge in [0.15, 0.2) is 0 Å². The quantitative estimate of drug-likeness (QED) is 0.748. The Balaban J connectivity index is 1.98. The number of carbonyl (C=O) groups is 1. The number of benzene rings is 1. The zero-order valence-corrected chi connectivity index (χ0v) is 15.1. The SMILES string of the molecule is COCC(C)NS(=O)(=O)c1ccc(NC(=O)Cc2ccsc2)cc1. The molecule has 1 aromatic heterocycles. The topological polar surface area (TPSA) is 84.5 Å². The molecule has 0 fully saturated rings. The summed E-state index contributed by atoms with van der Waals surface area (Å²) < 4.78 is 31.9. The zero-order valence-electron chi connectivity index (χ0n) is 13.5. The van der Waals surface area contributed by atoms with E-state index in [1.807, 2.05) is 16.8 Å². The second kappa shape index (κ2) is 8.39. The largest absolute Gasteiger partial charge is 0.383 e. The summed E-state index contributed by atoms with van der Waals surface area (Å²) in [5.74, 6) is -0.143. The van der Waals surface area contributed by atoms with Crippen molar-refractivity contribution in [2.75, 3.05) is 19.0 Å². The van der Waals surface area contributed by atoms with Crippen LogP contribution in [0.1, 0.15) is 12.5 Å². The first-order valence-electron chi connectivity index (χ1n) is 7.33. The minimum absolute atomic E-state index is 0.140. The predicted molar refractivity (Wildman–Crippen MR) is 94.8 cm³/mol. The van der Waals surface area contributed by atoms with Crippen LogP contribution in [0.25, 0.3) is 0 Å². The smallest absolute Gasteiger partial charge is 0.240 e. The van der Waals surface area contributed by atoms with E-state index in [0.29, 0.717) is 12.1 Å². The van der Waals surface area contributed by atoms with Crippen LogP contribution in [-0.4, -0.2) is 34.1 Å². The molecule has 2 rings (SSSR count). The van der Waals surface area contributed by atoms with Gasteiger partial charge >= 0.3 is 0 Å². The van der Waals surface area contributed by atoms with Gasteiger partial charge in [0.05, 0.1) is 17.9 Å². The molecule has 0 spiro atoms. The highest BCUT2D eigenvalue weighted by Crippen LogP contribution is 2.15. The molecular weight excluding hydrogens is 348 g/mol. The number of methoxy groups -OCH3 is 1. The number of carbonyl (C=O) groups excluding carboxylic acids is 1. The van der Waals surface area contributed by atoms with E-state index >= 15 is 0 Å². The summed E-state index contributed by atoms with van der Waals surface area (Å²) >= 11 is 1.54. The van der Waals surface area contributed by atoms with E-state index in [9.17, 15) is 13.2 Å². The first-order valence-corrected chi connectivity index (χ1v) is 9.75. The van der Waals surface area contributed by atoms with E-state index in [1.54, 1.807) is 19.1 Å². The third kappa shape index (κ3) is 5.41. The van der Waals surface area contributed by atoms with E-state index < -0.39 is 10.0 Å². The van der Waals surface area contributed by atoms with E-state index in [-0.39, 0.29) is 23.5 Å².